The number of hydrogen-bond acceptors (Lipinski definition) is 2. The van der Waals surface area contributed by atoms with Gasteiger partial charge in [0.2, 0.25) is 0 Å². The Hall–Kier alpha value is -2.34. The van der Waals surface area contributed by atoms with Gasteiger partial charge < -0.3 is 10.6 Å². The molecule has 1 aliphatic heterocycles. The highest BCUT2D eigenvalue weighted by Gasteiger charge is 2.49. The Kier molecular flexibility index (Phi) is 5.32. The molecule has 2 aromatic rings. The lowest BCUT2D eigenvalue weighted by Gasteiger charge is -2.44. The third kappa shape index (κ3) is 3.60. The summed E-state index contributed by atoms with van der Waals surface area (Å²) in [7, 11) is 0. The Morgan fingerprint density at radius 2 is 1.46 bits per heavy atom. The van der Waals surface area contributed by atoms with Crippen molar-refractivity contribution in [1.29, 1.82) is 0 Å². The standard InChI is InChI=1S/C20H21F3N2O/c21-20(22,23)18(26)25-19(15-9-3-1-4-10-15,16-11-5-2-6-12-16)17-13-7-8-14-24-17/h1-6,9-12,17,24H,7-8,13-14H2,(H,25,26)/t17-/m0/s1. The van der Waals surface area contributed by atoms with Crippen molar-refractivity contribution in [3.8, 4) is 0 Å². The minimum atomic E-state index is -4.95. The molecule has 2 aromatic carbocycles. The van der Waals surface area contributed by atoms with Crippen molar-refractivity contribution in [2.24, 2.45) is 0 Å². The fraction of sp³-hybridized carbons (Fsp3) is 0.350. The summed E-state index contributed by atoms with van der Waals surface area (Å²) < 4.78 is 39.4. The normalized spacial score (nSPS) is 18.3. The molecule has 1 saturated heterocycles. The highest BCUT2D eigenvalue weighted by molar-refractivity contribution is 5.83. The number of piperidine rings is 1. The molecule has 1 aliphatic rings. The number of nitrogens with one attached hydrogen (secondary N) is 2. The Morgan fingerprint density at radius 1 is 0.923 bits per heavy atom. The van der Waals surface area contributed by atoms with Crippen LogP contribution >= 0.6 is 0 Å². The van der Waals surface area contributed by atoms with Crippen LogP contribution in [-0.2, 0) is 10.3 Å². The lowest BCUT2D eigenvalue weighted by Crippen LogP contribution is -2.62. The van der Waals surface area contributed by atoms with Crippen LogP contribution in [0.5, 0.6) is 0 Å². The first kappa shape index (κ1) is 18.5. The lowest BCUT2D eigenvalue weighted by atomic mass is 9.74. The molecule has 1 fully saturated rings. The average molecular weight is 362 g/mol. The third-order valence-electron chi connectivity index (χ3n) is 4.86. The molecule has 138 valence electrons. The molecule has 0 radical (unpaired) electrons. The number of alkyl halides is 3. The van der Waals surface area contributed by atoms with Crippen molar-refractivity contribution < 1.29 is 18.0 Å². The van der Waals surface area contributed by atoms with E-state index in [2.05, 4.69) is 10.6 Å². The molecule has 3 nitrogen and oxygen atoms in total. The van der Waals surface area contributed by atoms with Gasteiger partial charge in [-0.1, -0.05) is 67.1 Å². The van der Waals surface area contributed by atoms with E-state index in [-0.39, 0.29) is 6.04 Å². The number of rotatable bonds is 4. The summed E-state index contributed by atoms with van der Waals surface area (Å²) in [4.78, 5) is 12.0. The van der Waals surface area contributed by atoms with Gasteiger partial charge in [0.25, 0.3) is 0 Å². The summed E-state index contributed by atoms with van der Waals surface area (Å²) in [5, 5.41) is 5.68. The molecular formula is C20H21F3N2O. The molecule has 0 spiro atoms. The summed E-state index contributed by atoms with van der Waals surface area (Å²) in [6, 6.07) is 17.4. The van der Waals surface area contributed by atoms with E-state index in [1.165, 1.54) is 0 Å². The predicted octanol–water partition coefficient (Wildman–Crippen LogP) is 3.75. The second-order valence-corrected chi connectivity index (χ2v) is 6.49. The van der Waals surface area contributed by atoms with E-state index in [4.69, 9.17) is 0 Å². The topological polar surface area (TPSA) is 41.1 Å². The molecule has 1 amide bonds. The van der Waals surface area contributed by atoms with Gasteiger partial charge in [0.05, 0.1) is 0 Å². The second kappa shape index (κ2) is 7.50. The van der Waals surface area contributed by atoms with Crippen LogP contribution in [0.3, 0.4) is 0 Å². The van der Waals surface area contributed by atoms with E-state index in [0.29, 0.717) is 24.1 Å². The van der Waals surface area contributed by atoms with E-state index >= 15 is 0 Å². The number of hydrogen-bond donors (Lipinski definition) is 2. The largest absolute Gasteiger partial charge is 0.471 e. The van der Waals surface area contributed by atoms with Crippen LogP contribution in [0.2, 0.25) is 0 Å². The lowest BCUT2D eigenvalue weighted by molar-refractivity contribution is -0.175. The SMILES string of the molecule is O=C(NC(c1ccccc1)(c1ccccc1)[C@@H]1CCCCN1)C(F)(F)F. The third-order valence-corrected chi connectivity index (χ3v) is 4.86. The van der Waals surface area contributed by atoms with Crippen molar-refractivity contribution in [3.63, 3.8) is 0 Å². The monoisotopic (exact) mass is 362 g/mol. The molecule has 6 heteroatoms. The zero-order chi connectivity index (χ0) is 18.6. The zero-order valence-corrected chi connectivity index (χ0v) is 14.2. The second-order valence-electron chi connectivity index (χ2n) is 6.49. The van der Waals surface area contributed by atoms with Gasteiger partial charge in [0.15, 0.2) is 0 Å². The van der Waals surface area contributed by atoms with Gasteiger partial charge in [0.1, 0.15) is 5.54 Å². The molecule has 0 bridgehead atoms. The Bertz CT molecular complexity index is 686. The molecule has 2 N–H and O–H groups in total. The fourth-order valence-corrected chi connectivity index (χ4v) is 3.67. The zero-order valence-electron chi connectivity index (χ0n) is 14.2. The summed E-state index contributed by atoms with van der Waals surface area (Å²) in [5.74, 6) is -1.93. The van der Waals surface area contributed by atoms with Crippen LogP contribution in [0.25, 0.3) is 0 Å². The van der Waals surface area contributed by atoms with Gasteiger partial charge in [-0.25, -0.2) is 0 Å². The molecule has 0 aromatic heterocycles. The van der Waals surface area contributed by atoms with E-state index < -0.39 is 17.6 Å². The van der Waals surface area contributed by atoms with Crippen molar-refractivity contribution in [3.05, 3.63) is 71.8 Å². The first-order valence-corrected chi connectivity index (χ1v) is 8.68. The number of amides is 1. The van der Waals surface area contributed by atoms with Crippen LogP contribution in [0.15, 0.2) is 60.7 Å². The number of halogens is 3. The molecule has 0 saturated carbocycles. The van der Waals surface area contributed by atoms with Crippen molar-refractivity contribution in [1.82, 2.24) is 10.6 Å². The highest BCUT2D eigenvalue weighted by Crippen LogP contribution is 2.37. The maximum Gasteiger partial charge on any atom is 0.471 e. The van der Waals surface area contributed by atoms with Gasteiger partial charge in [-0.05, 0) is 30.5 Å². The van der Waals surface area contributed by atoms with Gasteiger partial charge in [0, 0.05) is 6.04 Å². The molecule has 3 rings (SSSR count). The molecule has 0 unspecified atom stereocenters. The molecule has 0 aliphatic carbocycles. The molecule has 1 atom stereocenters. The molecule has 26 heavy (non-hydrogen) atoms. The van der Waals surface area contributed by atoms with E-state index in [0.717, 1.165) is 12.8 Å². The van der Waals surface area contributed by atoms with Crippen molar-refractivity contribution in [2.45, 2.75) is 37.0 Å². The minimum absolute atomic E-state index is 0.340. The molecule has 1 heterocycles. The average Bonchev–Trinajstić information content (AvgIpc) is 2.67. The number of benzene rings is 2. The maximum absolute atomic E-state index is 13.1. The van der Waals surface area contributed by atoms with Crippen LogP contribution < -0.4 is 10.6 Å². The van der Waals surface area contributed by atoms with Crippen molar-refractivity contribution >= 4 is 5.91 Å². The fourth-order valence-electron chi connectivity index (χ4n) is 3.67. The quantitative estimate of drug-likeness (QED) is 0.870. The summed E-state index contributed by atoms with van der Waals surface area (Å²) in [6.45, 7) is 0.702. The predicted molar refractivity (Wildman–Crippen MR) is 93.5 cm³/mol. The first-order chi connectivity index (χ1) is 12.4. The maximum atomic E-state index is 13.1. The van der Waals surface area contributed by atoms with Crippen LogP contribution in [0.1, 0.15) is 30.4 Å². The van der Waals surface area contributed by atoms with E-state index in [9.17, 15) is 18.0 Å². The molecular weight excluding hydrogens is 341 g/mol. The van der Waals surface area contributed by atoms with Crippen LogP contribution in [-0.4, -0.2) is 24.7 Å². The number of carbonyl (C=O) groups excluding carboxylic acids is 1. The van der Waals surface area contributed by atoms with Crippen LogP contribution in [0.4, 0.5) is 13.2 Å². The smallest absolute Gasteiger partial charge is 0.333 e. The van der Waals surface area contributed by atoms with Gasteiger partial charge in [-0.15, -0.1) is 0 Å². The van der Waals surface area contributed by atoms with Gasteiger partial charge in [-0.2, -0.15) is 13.2 Å². The Labute approximate surface area is 150 Å². The van der Waals surface area contributed by atoms with Crippen molar-refractivity contribution in [2.75, 3.05) is 6.54 Å². The highest BCUT2D eigenvalue weighted by atomic mass is 19.4. The number of carbonyl (C=O) groups is 1. The van der Waals surface area contributed by atoms with E-state index in [1.807, 2.05) is 0 Å². The van der Waals surface area contributed by atoms with Crippen LogP contribution in [0, 0.1) is 0 Å². The Morgan fingerprint density at radius 3 is 1.88 bits per heavy atom. The minimum Gasteiger partial charge on any atom is -0.333 e. The van der Waals surface area contributed by atoms with Gasteiger partial charge in [-0.3, -0.25) is 4.79 Å². The summed E-state index contributed by atoms with van der Waals surface area (Å²) in [6.07, 6.45) is -2.43. The van der Waals surface area contributed by atoms with Gasteiger partial charge >= 0.3 is 12.1 Å². The van der Waals surface area contributed by atoms with E-state index in [1.54, 1.807) is 60.7 Å². The Balaban J connectivity index is 2.18. The summed E-state index contributed by atoms with van der Waals surface area (Å²) in [5.41, 5.74) is -0.0402. The first-order valence-electron chi connectivity index (χ1n) is 8.68. The summed E-state index contributed by atoms with van der Waals surface area (Å²) >= 11 is 0.